The molecule has 0 aromatic heterocycles. The van der Waals surface area contributed by atoms with Crippen LogP contribution in [0.3, 0.4) is 0 Å². The number of carbonyl (C=O) groups excluding carboxylic acids is 1. The lowest BCUT2D eigenvalue weighted by Gasteiger charge is -2.19. The lowest BCUT2D eigenvalue weighted by atomic mass is 9.86. The average Bonchev–Trinajstić information content (AvgIpc) is 2.84. The SMILES string of the molecule is CCOc1cc(/C=N\NC(=O)Cc2ccc(C(C)(C)C)cc2)ccc1OCc1ccc([N+](=O)[O-])cc1. The molecular weight excluding hydrogens is 458 g/mol. The van der Waals surface area contributed by atoms with Crippen LogP contribution in [0.5, 0.6) is 11.5 Å². The van der Waals surface area contributed by atoms with Crippen molar-refractivity contribution in [3.63, 3.8) is 0 Å². The first-order valence-corrected chi connectivity index (χ1v) is 11.7. The van der Waals surface area contributed by atoms with Crippen LogP contribution < -0.4 is 14.9 Å². The Bertz CT molecular complexity index is 1210. The van der Waals surface area contributed by atoms with E-state index in [0.29, 0.717) is 18.1 Å². The van der Waals surface area contributed by atoms with Gasteiger partial charge in [0.2, 0.25) is 5.91 Å². The number of benzene rings is 3. The van der Waals surface area contributed by atoms with Gasteiger partial charge in [-0.05, 0) is 64.9 Å². The Balaban J connectivity index is 1.57. The Kier molecular flexibility index (Phi) is 8.78. The Hall–Kier alpha value is -4.20. The highest BCUT2D eigenvalue weighted by Crippen LogP contribution is 2.29. The number of amides is 1. The normalized spacial score (nSPS) is 11.3. The maximum atomic E-state index is 12.3. The van der Waals surface area contributed by atoms with Crippen molar-refractivity contribution in [2.75, 3.05) is 6.61 Å². The summed E-state index contributed by atoms with van der Waals surface area (Å²) in [5.41, 5.74) is 6.32. The zero-order valence-corrected chi connectivity index (χ0v) is 21.0. The maximum Gasteiger partial charge on any atom is 0.269 e. The topological polar surface area (TPSA) is 103 Å². The third kappa shape index (κ3) is 7.66. The summed E-state index contributed by atoms with van der Waals surface area (Å²) < 4.78 is 11.6. The van der Waals surface area contributed by atoms with Crippen LogP contribution in [0.2, 0.25) is 0 Å². The lowest BCUT2D eigenvalue weighted by molar-refractivity contribution is -0.384. The van der Waals surface area contributed by atoms with Gasteiger partial charge in [0.15, 0.2) is 11.5 Å². The maximum absolute atomic E-state index is 12.3. The lowest BCUT2D eigenvalue weighted by Crippen LogP contribution is -2.20. The van der Waals surface area contributed by atoms with Crippen molar-refractivity contribution in [2.45, 2.75) is 46.1 Å². The second-order valence-corrected chi connectivity index (χ2v) is 9.27. The largest absolute Gasteiger partial charge is 0.490 e. The summed E-state index contributed by atoms with van der Waals surface area (Å²) in [6.07, 6.45) is 1.78. The van der Waals surface area contributed by atoms with Crippen LogP contribution in [0.25, 0.3) is 0 Å². The van der Waals surface area contributed by atoms with Gasteiger partial charge in [-0.15, -0.1) is 0 Å². The first-order chi connectivity index (χ1) is 17.2. The summed E-state index contributed by atoms with van der Waals surface area (Å²) in [4.78, 5) is 22.6. The van der Waals surface area contributed by atoms with Gasteiger partial charge in [0.05, 0.1) is 24.2 Å². The molecule has 0 radical (unpaired) electrons. The highest BCUT2D eigenvalue weighted by Gasteiger charge is 2.13. The number of rotatable bonds is 10. The van der Waals surface area contributed by atoms with Crippen LogP contribution in [0, 0.1) is 10.1 Å². The molecule has 8 heteroatoms. The predicted molar refractivity (Wildman–Crippen MR) is 140 cm³/mol. The van der Waals surface area contributed by atoms with Gasteiger partial charge in [-0.25, -0.2) is 5.43 Å². The summed E-state index contributed by atoms with van der Waals surface area (Å²) in [5.74, 6) is 0.867. The Morgan fingerprint density at radius 3 is 2.25 bits per heavy atom. The van der Waals surface area contributed by atoms with Crippen LogP contribution in [0.15, 0.2) is 71.8 Å². The molecule has 36 heavy (non-hydrogen) atoms. The fourth-order valence-electron chi connectivity index (χ4n) is 3.39. The van der Waals surface area contributed by atoms with Gasteiger partial charge in [0, 0.05) is 12.1 Å². The van der Waals surface area contributed by atoms with E-state index >= 15 is 0 Å². The molecule has 0 saturated carbocycles. The smallest absolute Gasteiger partial charge is 0.269 e. The molecule has 0 spiro atoms. The fraction of sp³-hybridized carbons (Fsp3) is 0.286. The van der Waals surface area contributed by atoms with E-state index in [9.17, 15) is 14.9 Å². The molecule has 0 unspecified atom stereocenters. The molecule has 0 fully saturated rings. The number of nitrogens with one attached hydrogen (secondary N) is 1. The summed E-state index contributed by atoms with van der Waals surface area (Å²) >= 11 is 0. The summed E-state index contributed by atoms with van der Waals surface area (Å²) in [5, 5.41) is 14.9. The van der Waals surface area contributed by atoms with Gasteiger partial charge in [-0.1, -0.05) is 45.0 Å². The van der Waals surface area contributed by atoms with Gasteiger partial charge >= 0.3 is 0 Å². The quantitative estimate of drug-likeness (QED) is 0.228. The van der Waals surface area contributed by atoms with Crippen molar-refractivity contribution in [1.82, 2.24) is 5.43 Å². The number of hydrazone groups is 1. The number of non-ortho nitro benzene ring substituents is 1. The van der Waals surface area contributed by atoms with Gasteiger partial charge in [0.25, 0.3) is 5.69 Å². The van der Waals surface area contributed by atoms with E-state index in [1.54, 1.807) is 36.5 Å². The minimum absolute atomic E-state index is 0.0305. The molecule has 3 aromatic carbocycles. The molecule has 0 bridgehead atoms. The van der Waals surface area contributed by atoms with E-state index in [0.717, 1.165) is 16.7 Å². The second-order valence-electron chi connectivity index (χ2n) is 9.27. The average molecular weight is 490 g/mol. The molecule has 3 aromatic rings. The number of ether oxygens (including phenoxy) is 2. The van der Waals surface area contributed by atoms with Crippen molar-refractivity contribution in [2.24, 2.45) is 5.10 Å². The summed E-state index contributed by atoms with van der Waals surface area (Å²) in [6, 6.07) is 19.6. The Morgan fingerprint density at radius 1 is 0.972 bits per heavy atom. The van der Waals surface area contributed by atoms with Gasteiger partial charge in [0.1, 0.15) is 6.61 Å². The molecular formula is C28H31N3O5. The Labute approximate surface area is 211 Å². The van der Waals surface area contributed by atoms with Crippen LogP contribution >= 0.6 is 0 Å². The summed E-state index contributed by atoms with van der Waals surface area (Å²) in [7, 11) is 0. The van der Waals surface area contributed by atoms with Crippen molar-refractivity contribution in [1.29, 1.82) is 0 Å². The monoisotopic (exact) mass is 489 g/mol. The number of nitro benzene ring substituents is 1. The predicted octanol–water partition coefficient (Wildman–Crippen LogP) is 5.56. The number of hydrogen-bond donors (Lipinski definition) is 1. The number of nitro groups is 1. The molecule has 0 heterocycles. The third-order valence-electron chi connectivity index (χ3n) is 5.40. The first-order valence-electron chi connectivity index (χ1n) is 11.7. The first kappa shape index (κ1) is 26.4. The molecule has 0 aliphatic heterocycles. The minimum Gasteiger partial charge on any atom is -0.490 e. The van der Waals surface area contributed by atoms with Crippen molar-refractivity contribution in [3.05, 3.63) is 99.1 Å². The van der Waals surface area contributed by atoms with E-state index in [-0.39, 0.29) is 30.0 Å². The number of carbonyl (C=O) groups is 1. The third-order valence-corrected chi connectivity index (χ3v) is 5.40. The minimum atomic E-state index is -0.440. The van der Waals surface area contributed by atoms with Gasteiger partial charge < -0.3 is 9.47 Å². The highest BCUT2D eigenvalue weighted by molar-refractivity contribution is 5.84. The van der Waals surface area contributed by atoms with Crippen molar-refractivity contribution in [3.8, 4) is 11.5 Å². The standard InChI is InChI=1S/C28H31N3O5/c1-5-35-26-16-22(10-15-25(26)36-19-21-8-13-24(14-9-21)31(33)34)18-29-30-27(32)17-20-6-11-23(12-7-20)28(2,3)4/h6-16,18H,5,17,19H2,1-4H3,(H,30,32)/b29-18-. The van der Waals surface area contributed by atoms with Crippen LogP contribution in [0.1, 0.15) is 49.9 Å². The molecule has 1 N–H and O–H groups in total. The molecule has 3 rings (SSSR count). The molecule has 0 atom stereocenters. The zero-order chi connectivity index (χ0) is 26.1. The second kappa shape index (κ2) is 12.0. The molecule has 0 saturated heterocycles. The number of hydrogen-bond acceptors (Lipinski definition) is 6. The molecule has 0 aliphatic rings. The van der Waals surface area contributed by atoms with Gasteiger partial charge in [-0.2, -0.15) is 5.10 Å². The van der Waals surface area contributed by atoms with Crippen LogP contribution in [0.4, 0.5) is 5.69 Å². The van der Waals surface area contributed by atoms with E-state index < -0.39 is 4.92 Å². The molecule has 1 amide bonds. The number of nitrogens with zero attached hydrogens (tertiary/aromatic N) is 2. The molecule has 188 valence electrons. The van der Waals surface area contributed by atoms with Crippen LogP contribution in [-0.4, -0.2) is 23.7 Å². The van der Waals surface area contributed by atoms with E-state index in [4.69, 9.17) is 9.47 Å². The van der Waals surface area contributed by atoms with E-state index in [1.165, 1.54) is 17.7 Å². The van der Waals surface area contributed by atoms with E-state index in [2.05, 4.69) is 31.3 Å². The fourth-order valence-corrected chi connectivity index (χ4v) is 3.39. The zero-order valence-electron chi connectivity index (χ0n) is 21.0. The van der Waals surface area contributed by atoms with Gasteiger partial charge in [-0.3, -0.25) is 14.9 Å². The highest BCUT2D eigenvalue weighted by atomic mass is 16.6. The van der Waals surface area contributed by atoms with E-state index in [1.807, 2.05) is 31.2 Å². The summed E-state index contributed by atoms with van der Waals surface area (Å²) in [6.45, 7) is 9.00. The van der Waals surface area contributed by atoms with Crippen molar-refractivity contribution >= 4 is 17.8 Å². The Morgan fingerprint density at radius 2 is 1.64 bits per heavy atom. The molecule has 8 nitrogen and oxygen atoms in total. The van der Waals surface area contributed by atoms with Crippen LogP contribution in [-0.2, 0) is 23.2 Å². The molecule has 0 aliphatic carbocycles. The van der Waals surface area contributed by atoms with Crippen molar-refractivity contribution < 1.29 is 19.2 Å².